The van der Waals surface area contributed by atoms with E-state index < -0.39 is 22.6 Å². The number of carboxylic acids is 1. The van der Waals surface area contributed by atoms with Crippen molar-refractivity contribution < 1.29 is 19.6 Å². The van der Waals surface area contributed by atoms with E-state index >= 15 is 0 Å². The Kier molecular flexibility index (Phi) is 5.73. The van der Waals surface area contributed by atoms with Crippen LogP contribution in [0.2, 0.25) is 0 Å². The number of nitro groups is 1. The molecule has 0 aliphatic rings. The van der Waals surface area contributed by atoms with Gasteiger partial charge in [-0.1, -0.05) is 0 Å². The molecule has 3 N–H and O–H groups in total. The van der Waals surface area contributed by atoms with E-state index in [1.165, 1.54) is 18.9 Å². The van der Waals surface area contributed by atoms with Crippen LogP contribution in [0.15, 0.2) is 12.4 Å². The molecule has 0 fully saturated rings. The summed E-state index contributed by atoms with van der Waals surface area (Å²) >= 11 is 0. The van der Waals surface area contributed by atoms with E-state index in [1.54, 1.807) is 13.1 Å². The zero-order valence-corrected chi connectivity index (χ0v) is 15.3. The highest BCUT2D eigenvalue weighted by molar-refractivity contribution is 5.78. The number of nitrogen functional groups attached to an aromatic ring is 1. The third kappa shape index (κ3) is 4.02. The van der Waals surface area contributed by atoms with Crippen LogP contribution in [-0.4, -0.2) is 44.1 Å². The van der Waals surface area contributed by atoms with Crippen LogP contribution in [0.1, 0.15) is 23.7 Å². The Bertz CT molecular complexity index is 888. The summed E-state index contributed by atoms with van der Waals surface area (Å²) in [6, 6.07) is -1.13. The third-order valence-corrected chi connectivity index (χ3v) is 4.13. The van der Waals surface area contributed by atoms with Gasteiger partial charge in [0.05, 0.1) is 24.3 Å². The lowest BCUT2D eigenvalue weighted by atomic mass is 10.1. The van der Waals surface area contributed by atoms with Crippen molar-refractivity contribution in [2.75, 3.05) is 17.7 Å². The van der Waals surface area contributed by atoms with Crippen LogP contribution in [0.25, 0.3) is 0 Å². The minimum absolute atomic E-state index is 0.0484. The van der Waals surface area contributed by atoms with Crippen molar-refractivity contribution in [2.24, 2.45) is 0 Å². The number of carboxylic acid groups (broad SMARTS) is 1. The molecule has 2 aromatic rings. The Hall–Kier alpha value is -3.50. The maximum atomic E-state index is 11.6. The largest absolute Gasteiger partial charge is 0.496 e. The Morgan fingerprint density at radius 1 is 1.41 bits per heavy atom. The number of pyridine rings is 1. The second-order valence-corrected chi connectivity index (χ2v) is 5.88. The fraction of sp³-hybridized carbons (Fsp3) is 0.375. The van der Waals surface area contributed by atoms with E-state index in [9.17, 15) is 20.0 Å². The summed E-state index contributed by atoms with van der Waals surface area (Å²) in [6.07, 6.45) is 2.54. The van der Waals surface area contributed by atoms with Crippen molar-refractivity contribution >= 4 is 23.4 Å². The van der Waals surface area contributed by atoms with Crippen LogP contribution in [-0.2, 0) is 11.3 Å². The Morgan fingerprint density at radius 2 is 2.07 bits per heavy atom. The van der Waals surface area contributed by atoms with Crippen LogP contribution >= 0.6 is 0 Å². The molecule has 0 spiro atoms. The minimum Gasteiger partial charge on any atom is -0.496 e. The van der Waals surface area contributed by atoms with Crippen LogP contribution in [0.4, 0.5) is 17.5 Å². The number of anilines is 2. The number of nitrogens with zero attached hydrogens (tertiary/aromatic N) is 5. The van der Waals surface area contributed by atoms with Crippen molar-refractivity contribution in [3.63, 3.8) is 0 Å². The highest BCUT2D eigenvalue weighted by Gasteiger charge is 2.30. The zero-order valence-electron chi connectivity index (χ0n) is 15.3. The van der Waals surface area contributed by atoms with Gasteiger partial charge in [0, 0.05) is 17.3 Å². The molecule has 1 atom stereocenters. The lowest BCUT2D eigenvalue weighted by molar-refractivity contribution is -0.384. The lowest BCUT2D eigenvalue weighted by Crippen LogP contribution is -2.40. The standard InChI is InChI=1S/C16H20N6O5/c1-8-5-18-11(9(2)13(8)27-4)7-21(10(3)15(23)24)14-12(22(25)26)6-19-16(17)20-14/h5-6,10H,7H2,1-4H3,(H,23,24)(H2,17,19,20)/t10-/m0/s1. The van der Waals surface area contributed by atoms with Gasteiger partial charge in [-0.3, -0.25) is 15.1 Å². The Morgan fingerprint density at radius 3 is 2.63 bits per heavy atom. The molecule has 2 rings (SSSR count). The van der Waals surface area contributed by atoms with E-state index in [4.69, 9.17) is 10.5 Å². The minimum atomic E-state index is -1.18. The monoisotopic (exact) mass is 376 g/mol. The van der Waals surface area contributed by atoms with Crippen molar-refractivity contribution in [3.8, 4) is 5.75 Å². The summed E-state index contributed by atoms with van der Waals surface area (Å²) in [5.74, 6) is -0.967. The third-order valence-electron chi connectivity index (χ3n) is 4.13. The molecule has 0 aliphatic heterocycles. The van der Waals surface area contributed by atoms with Crippen LogP contribution < -0.4 is 15.4 Å². The summed E-state index contributed by atoms with van der Waals surface area (Å²) in [6.45, 7) is 4.95. The van der Waals surface area contributed by atoms with E-state index in [-0.39, 0.29) is 18.3 Å². The van der Waals surface area contributed by atoms with Gasteiger partial charge in [0.25, 0.3) is 0 Å². The van der Waals surface area contributed by atoms with Crippen molar-refractivity contribution in [1.82, 2.24) is 15.0 Å². The predicted octanol–water partition coefficient (Wildman–Crippen LogP) is 1.47. The number of nitrogens with two attached hydrogens (primary N) is 1. The summed E-state index contributed by atoms with van der Waals surface area (Å²) in [7, 11) is 1.52. The molecule has 0 saturated carbocycles. The first-order valence-electron chi connectivity index (χ1n) is 7.92. The smallest absolute Gasteiger partial charge is 0.329 e. The fourth-order valence-electron chi connectivity index (χ4n) is 2.64. The van der Waals surface area contributed by atoms with Gasteiger partial charge in [-0.25, -0.2) is 9.78 Å². The summed E-state index contributed by atoms with van der Waals surface area (Å²) in [5, 5.41) is 20.8. The van der Waals surface area contributed by atoms with Gasteiger partial charge in [0.1, 0.15) is 18.0 Å². The number of aromatic nitrogens is 3. The number of aryl methyl sites for hydroxylation is 1. The average molecular weight is 376 g/mol. The molecule has 0 aromatic carbocycles. The van der Waals surface area contributed by atoms with Gasteiger partial charge in [0.15, 0.2) is 0 Å². The second-order valence-electron chi connectivity index (χ2n) is 5.88. The second kappa shape index (κ2) is 7.81. The fourth-order valence-corrected chi connectivity index (χ4v) is 2.64. The Labute approximate surface area is 155 Å². The molecular weight excluding hydrogens is 356 g/mol. The van der Waals surface area contributed by atoms with Gasteiger partial charge in [0.2, 0.25) is 11.8 Å². The van der Waals surface area contributed by atoms with Crippen molar-refractivity contribution in [3.05, 3.63) is 39.3 Å². The highest BCUT2D eigenvalue weighted by atomic mass is 16.6. The summed E-state index contributed by atoms with van der Waals surface area (Å²) in [4.78, 5) is 35.4. The van der Waals surface area contributed by atoms with Crippen LogP contribution in [0.3, 0.4) is 0 Å². The molecule has 2 heterocycles. The van der Waals surface area contributed by atoms with Crippen LogP contribution in [0, 0.1) is 24.0 Å². The normalized spacial score (nSPS) is 11.7. The van der Waals surface area contributed by atoms with Gasteiger partial charge in [-0.2, -0.15) is 4.98 Å². The molecule has 27 heavy (non-hydrogen) atoms. The Balaban J connectivity index is 2.61. The first-order valence-corrected chi connectivity index (χ1v) is 7.92. The van der Waals surface area contributed by atoms with E-state index in [0.717, 1.165) is 11.8 Å². The number of hydrogen-bond donors (Lipinski definition) is 2. The summed E-state index contributed by atoms with van der Waals surface area (Å²) in [5.41, 5.74) is 7.14. The van der Waals surface area contributed by atoms with Gasteiger partial charge < -0.3 is 20.5 Å². The van der Waals surface area contributed by atoms with Gasteiger partial charge in [-0.15, -0.1) is 0 Å². The number of rotatable bonds is 7. The topological polar surface area (TPSA) is 158 Å². The quantitative estimate of drug-likeness (QED) is 0.535. The molecule has 0 unspecified atom stereocenters. The average Bonchev–Trinajstić information content (AvgIpc) is 2.60. The molecule has 2 aromatic heterocycles. The van der Waals surface area contributed by atoms with Crippen LogP contribution in [0.5, 0.6) is 5.75 Å². The van der Waals surface area contributed by atoms with E-state index in [0.29, 0.717) is 17.0 Å². The molecule has 0 aliphatic carbocycles. The van der Waals surface area contributed by atoms with E-state index in [2.05, 4.69) is 15.0 Å². The zero-order chi connectivity index (χ0) is 20.3. The van der Waals surface area contributed by atoms with Gasteiger partial charge in [-0.05, 0) is 20.8 Å². The maximum absolute atomic E-state index is 11.6. The van der Waals surface area contributed by atoms with Gasteiger partial charge >= 0.3 is 11.7 Å². The number of methoxy groups -OCH3 is 1. The molecule has 0 amide bonds. The molecular formula is C16H20N6O5. The summed E-state index contributed by atoms with van der Waals surface area (Å²) < 4.78 is 5.36. The predicted molar refractivity (Wildman–Crippen MR) is 96.6 cm³/mol. The number of aliphatic carboxylic acids is 1. The number of carbonyl (C=O) groups is 1. The number of ether oxygens (including phenoxy) is 1. The number of hydrogen-bond acceptors (Lipinski definition) is 9. The molecule has 11 heteroatoms. The first-order chi connectivity index (χ1) is 12.7. The maximum Gasteiger partial charge on any atom is 0.329 e. The SMILES string of the molecule is COc1c(C)cnc(CN(c2nc(N)ncc2[N+](=O)[O-])[C@@H](C)C(=O)O)c1C. The molecule has 11 nitrogen and oxygen atoms in total. The lowest BCUT2D eigenvalue weighted by Gasteiger charge is -2.27. The molecule has 144 valence electrons. The van der Waals surface area contributed by atoms with E-state index in [1.807, 2.05) is 6.92 Å². The molecule has 0 saturated heterocycles. The highest BCUT2D eigenvalue weighted by Crippen LogP contribution is 2.31. The molecule has 0 bridgehead atoms. The molecule has 0 radical (unpaired) electrons. The first kappa shape index (κ1) is 19.8. The van der Waals surface area contributed by atoms with Crippen molar-refractivity contribution in [1.29, 1.82) is 0 Å². The van der Waals surface area contributed by atoms with Crippen molar-refractivity contribution in [2.45, 2.75) is 33.4 Å².